The van der Waals surface area contributed by atoms with Crippen molar-refractivity contribution in [3.63, 3.8) is 0 Å². The fourth-order valence-electron chi connectivity index (χ4n) is 1.56. The highest BCUT2D eigenvalue weighted by atomic mass is 16.7. The van der Waals surface area contributed by atoms with Crippen molar-refractivity contribution in [3.8, 4) is 0 Å². The van der Waals surface area contributed by atoms with Crippen molar-refractivity contribution in [3.05, 3.63) is 0 Å². The molecule has 1 aliphatic rings. The molecular formula is C10H19NO4. The van der Waals surface area contributed by atoms with Crippen LogP contribution in [0, 0.1) is 0 Å². The highest BCUT2D eigenvalue weighted by molar-refractivity contribution is 5.73. The second-order valence-electron chi connectivity index (χ2n) is 4.01. The second-order valence-corrected chi connectivity index (χ2v) is 4.01. The van der Waals surface area contributed by atoms with Crippen molar-refractivity contribution >= 4 is 5.91 Å². The Kier molecular flexibility index (Phi) is 4.50. The maximum absolute atomic E-state index is 11.0. The number of hydrogen-bond acceptors (Lipinski definition) is 4. The number of aliphatic hydroxyl groups is 1. The third kappa shape index (κ3) is 3.77. The summed E-state index contributed by atoms with van der Waals surface area (Å²) in [7, 11) is 0. The Morgan fingerprint density at radius 2 is 2.27 bits per heavy atom. The van der Waals surface area contributed by atoms with Gasteiger partial charge in [-0.2, -0.15) is 0 Å². The summed E-state index contributed by atoms with van der Waals surface area (Å²) in [6.45, 7) is 5.63. The van der Waals surface area contributed by atoms with Crippen molar-refractivity contribution in [1.82, 2.24) is 5.32 Å². The van der Waals surface area contributed by atoms with Crippen LogP contribution in [0.15, 0.2) is 0 Å². The summed E-state index contributed by atoms with van der Waals surface area (Å²) in [5.74, 6) is -0.193. The number of carbonyl (C=O) groups excluding carboxylic acids is 1. The summed E-state index contributed by atoms with van der Waals surface area (Å²) < 4.78 is 10.9. The zero-order valence-corrected chi connectivity index (χ0v) is 9.40. The molecule has 0 unspecified atom stereocenters. The number of rotatable bonds is 3. The van der Waals surface area contributed by atoms with Gasteiger partial charge in [-0.3, -0.25) is 4.79 Å². The lowest BCUT2D eigenvalue weighted by molar-refractivity contribution is -0.217. The molecule has 1 fully saturated rings. The molecule has 3 atom stereocenters. The standard InChI is InChI=1S/C10H19NO4/c1-6(2)15-10-9(11-7(3)12)8(13)4-5-14-10/h6,8-10,13H,4-5H2,1-3H3,(H,11,12)/t8-,9+,10-/m0/s1. The molecule has 0 bridgehead atoms. The van der Waals surface area contributed by atoms with Gasteiger partial charge in [-0.05, 0) is 20.3 Å². The van der Waals surface area contributed by atoms with Crippen LogP contribution in [0.1, 0.15) is 27.2 Å². The maximum atomic E-state index is 11.0. The van der Waals surface area contributed by atoms with Crippen LogP contribution < -0.4 is 5.32 Å². The molecule has 0 aromatic rings. The summed E-state index contributed by atoms with van der Waals surface area (Å²) in [6, 6.07) is -0.473. The Morgan fingerprint density at radius 1 is 1.60 bits per heavy atom. The number of nitrogens with one attached hydrogen (secondary N) is 1. The number of aliphatic hydroxyl groups excluding tert-OH is 1. The molecule has 0 radical (unpaired) electrons. The van der Waals surface area contributed by atoms with Gasteiger partial charge in [0.2, 0.25) is 5.91 Å². The summed E-state index contributed by atoms with van der Waals surface area (Å²) >= 11 is 0. The first kappa shape index (κ1) is 12.4. The number of carbonyl (C=O) groups is 1. The van der Waals surface area contributed by atoms with E-state index in [1.165, 1.54) is 6.92 Å². The molecule has 15 heavy (non-hydrogen) atoms. The fraction of sp³-hybridized carbons (Fsp3) is 0.900. The van der Waals surface area contributed by atoms with Gasteiger partial charge in [-0.1, -0.05) is 0 Å². The maximum Gasteiger partial charge on any atom is 0.217 e. The van der Waals surface area contributed by atoms with Gasteiger partial charge in [0.25, 0.3) is 0 Å². The molecule has 1 rings (SSSR count). The predicted octanol–water partition coefficient (Wildman–Crippen LogP) is 0.0234. The van der Waals surface area contributed by atoms with Crippen LogP contribution in [-0.2, 0) is 14.3 Å². The smallest absolute Gasteiger partial charge is 0.217 e. The minimum Gasteiger partial charge on any atom is -0.391 e. The molecule has 0 aliphatic carbocycles. The van der Waals surface area contributed by atoms with E-state index >= 15 is 0 Å². The first-order valence-corrected chi connectivity index (χ1v) is 5.23. The minimum absolute atomic E-state index is 0.00319. The van der Waals surface area contributed by atoms with Gasteiger partial charge in [-0.25, -0.2) is 0 Å². The van der Waals surface area contributed by atoms with Crippen molar-refractivity contribution < 1.29 is 19.4 Å². The van der Waals surface area contributed by atoms with Gasteiger partial charge in [-0.15, -0.1) is 0 Å². The van der Waals surface area contributed by atoms with E-state index in [2.05, 4.69) is 5.32 Å². The van der Waals surface area contributed by atoms with Crippen LogP contribution in [-0.4, -0.2) is 42.2 Å². The molecule has 1 saturated heterocycles. The largest absolute Gasteiger partial charge is 0.391 e. The molecular weight excluding hydrogens is 198 g/mol. The second kappa shape index (κ2) is 5.44. The third-order valence-corrected chi connectivity index (χ3v) is 2.18. The zero-order valence-electron chi connectivity index (χ0n) is 9.40. The predicted molar refractivity (Wildman–Crippen MR) is 54.2 cm³/mol. The average Bonchev–Trinajstić information content (AvgIpc) is 2.09. The van der Waals surface area contributed by atoms with Crippen LogP contribution in [0.3, 0.4) is 0 Å². The number of amides is 1. The minimum atomic E-state index is -0.605. The average molecular weight is 217 g/mol. The van der Waals surface area contributed by atoms with E-state index in [0.29, 0.717) is 13.0 Å². The van der Waals surface area contributed by atoms with E-state index in [-0.39, 0.29) is 12.0 Å². The highest BCUT2D eigenvalue weighted by Gasteiger charge is 2.34. The molecule has 0 saturated carbocycles. The van der Waals surface area contributed by atoms with Crippen molar-refractivity contribution in [2.24, 2.45) is 0 Å². The monoisotopic (exact) mass is 217 g/mol. The normalized spacial score (nSPS) is 31.7. The van der Waals surface area contributed by atoms with Crippen molar-refractivity contribution in [2.75, 3.05) is 6.61 Å². The van der Waals surface area contributed by atoms with Crippen molar-refractivity contribution in [2.45, 2.75) is 51.7 Å². The van der Waals surface area contributed by atoms with E-state index in [4.69, 9.17) is 9.47 Å². The van der Waals surface area contributed by atoms with E-state index in [0.717, 1.165) is 0 Å². The van der Waals surface area contributed by atoms with Crippen molar-refractivity contribution in [1.29, 1.82) is 0 Å². The third-order valence-electron chi connectivity index (χ3n) is 2.18. The topological polar surface area (TPSA) is 67.8 Å². The summed E-state index contributed by atoms with van der Waals surface area (Å²) in [6.07, 6.45) is -0.649. The van der Waals surface area contributed by atoms with Gasteiger partial charge < -0.3 is 19.9 Å². The van der Waals surface area contributed by atoms with Gasteiger partial charge in [0.1, 0.15) is 6.04 Å². The fourth-order valence-corrected chi connectivity index (χ4v) is 1.56. The molecule has 2 N–H and O–H groups in total. The van der Waals surface area contributed by atoms with E-state index < -0.39 is 18.4 Å². The van der Waals surface area contributed by atoms with Gasteiger partial charge in [0.15, 0.2) is 6.29 Å². The first-order valence-electron chi connectivity index (χ1n) is 5.23. The lowest BCUT2D eigenvalue weighted by Crippen LogP contribution is -2.56. The molecule has 0 aromatic carbocycles. The molecule has 5 heteroatoms. The Bertz CT molecular complexity index is 219. The first-order chi connectivity index (χ1) is 7.00. The molecule has 5 nitrogen and oxygen atoms in total. The zero-order chi connectivity index (χ0) is 11.4. The molecule has 1 amide bonds. The molecule has 1 heterocycles. The van der Waals surface area contributed by atoms with Crippen LogP contribution in [0.5, 0.6) is 0 Å². The SMILES string of the molecule is CC(=O)N[C@H]1[C@H](OC(C)C)OCC[C@@H]1O. The Hall–Kier alpha value is -0.650. The molecule has 0 spiro atoms. The number of ether oxygens (including phenoxy) is 2. The summed E-state index contributed by atoms with van der Waals surface area (Å²) in [5, 5.41) is 12.4. The lowest BCUT2D eigenvalue weighted by Gasteiger charge is -2.36. The van der Waals surface area contributed by atoms with Crippen LogP contribution in [0.2, 0.25) is 0 Å². The Labute approximate surface area is 89.8 Å². The molecule has 0 aromatic heterocycles. The van der Waals surface area contributed by atoms with E-state index in [1.807, 2.05) is 13.8 Å². The highest BCUT2D eigenvalue weighted by Crippen LogP contribution is 2.17. The summed E-state index contributed by atoms with van der Waals surface area (Å²) in [4.78, 5) is 11.0. The summed E-state index contributed by atoms with van der Waals surface area (Å²) in [5.41, 5.74) is 0. The Morgan fingerprint density at radius 3 is 2.80 bits per heavy atom. The van der Waals surface area contributed by atoms with Gasteiger partial charge in [0.05, 0.1) is 18.8 Å². The van der Waals surface area contributed by atoms with Crippen LogP contribution in [0.4, 0.5) is 0 Å². The van der Waals surface area contributed by atoms with E-state index in [1.54, 1.807) is 0 Å². The quantitative estimate of drug-likeness (QED) is 0.699. The van der Waals surface area contributed by atoms with Crippen LogP contribution >= 0.6 is 0 Å². The van der Waals surface area contributed by atoms with Gasteiger partial charge >= 0.3 is 0 Å². The van der Waals surface area contributed by atoms with Gasteiger partial charge in [0, 0.05) is 6.92 Å². The molecule has 1 aliphatic heterocycles. The molecule has 88 valence electrons. The number of hydrogen-bond donors (Lipinski definition) is 2. The van der Waals surface area contributed by atoms with Crippen LogP contribution in [0.25, 0.3) is 0 Å². The Balaban J connectivity index is 2.59. The van der Waals surface area contributed by atoms with E-state index in [9.17, 15) is 9.90 Å². The lowest BCUT2D eigenvalue weighted by atomic mass is 10.1.